The van der Waals surface area contributed by atoms with E-state index in [4.69, 9.17) is 34.4 Å². The van der Waals surface area contributed by atoms with Crippen molar-refractivity contribution in [3.05, 3.63) is 185 Å². The summed E-state index contributed by atoms with van der Waals surface area (Å²) in [5.74, 6) is 9.15. The normalized spacial score (nSPS) is 11.1. The Kier molecular flexibility index (Phi) is 17.2. The summed E-state index contributed by atoms with van der Waals surface area (Å²) in [6.07, 6.45) is 7.99. The summed E-state index contributed by atoms with van der Waals surface area (Å²) in [5.41, 5.74) is 7.41. The van der Waals surface area contributed by atoms with Crippen molar-refractivity contribution < 1.29 is 4.74 Å². The number of hydrogen-bond acceptors (Lipinski definition) is 1. The number of terminal acetylenes is 1. The Bertz CT molecular complexity index is 2050. The van der Waals surface area contributed by atoms with Crippen LogP contribution in [-0.4, -0.2) is 13.2 Å². The number of rotatable bonds is 2. The van der Waals surface area contributed by atoms with E-state index in [9.17, 15) is 0 Å². The maximum absolute atomic E-state index is 6.04. The van der Waals surface area contributed by atoms with Gasteiger partial charge in [0.2, 0.25) is 0 Å². The zero-order valence-electron chi connectivity index (χ0n) is 27.1. The quantitative estimate of drug-likeness (QED) is 0.0955. The lowest BCUT2D eigenvalue weighted by Crippen LogP contribution is -1.84. The molecule has 6 aromatic carbocycles. The van der Waals surface area contributed by atoms with Crippen molar-refractivity contribution in [1.82, 2.24) is 0 Å². The first-order valence-corrected chi connectivity index (χ1v) is 19.2. The van der Waals surface area contributed by atoms with Gasteiger partial charge in [-0.3, -0.25) is 0 Å². The Balaban J connectivity index is 0.000000170. The first-order chi connectivity index (χ1) is 24.4. The van der Waals surface area contributed by atoms with Crippen molar-refractivity contribution in [2.45, 2.75) is 12.8 Å². The number of halogens is 5. The van der Waals surface area contributed by atoms with Crippen LogP contribution in [0.5, 0.6) is 0 Å². The molecule has 0 unspecified atom stereocenters. The van der Waals surface area contributed by atoms with Crippen LogP contribution in [0.25, 0.3) is 22.3 Å². The third-order valence-electron chi connectivity index (χ3n) is 7.15. The van der Waals surface area contributed by atoms with E-state index in [2.05, 4.69) is 103 Å². The fraction of sp³-hybridized carbons (Fsp3) is 0.0909. The molecule has 1 nitrogen and oxygen atoms in total. The van der Waals surface area contributed by atoms with E-state index in [1.54, 1.807) is 0 Å². The third kappa shape index (κ3) is 13.1. The molecule has 1 aliphatic heterocycles. The van der Waals surface area contributed by atoms with E-state index >= 15 is 0 Å². The molecule has 1 saturated heterocycles. The van der Waals surface area contributed by atoms with Gasteiger partial charge in [-0.1, -0.05) is 138 Å². The molecule has 0 N–H and O–H groups in total. The van der Waals surface area contributed by atoms with Crippen LogP contribution in [0, 0.1) is 27.8 Å². The average Bonchev–Trinajstić information content (AvgIpc) is 3.76. The van der Waals surface area contributed by atoms with Crippen molar-refractivity contribution in [3.63, 3.8) is 0 Å². The van der Waals surface area contributed by atoms with Gasteiger partial charge in [0, 0.05) is 52.5 Å². The Labute approximate surface area is 336 Å². The lowest BCUT2D eigenvalue weighted by Gasteiger charge is -2.04. The Morgan fingerprint density at radius 1 is 0.540 bits per heavy atom. The minimum Gasteiger partial charge on any atom is -0.381 e. The molecule has 0 aromatic heterocycles. The lowest BCUT2D eigenvalue weighted by molar-refractivity contribution is 0.198. The van der Waals surface area contributed by atoms with Crippen LogP contribution in [0.3, 0.4) is 0 Å². The monoisotopic (exact) mass is 932 g/mol. The number of benzene rings is 6. The van der Waals surface area contributed by atoms with Gasteiger partial charge < -0.3 is 4.74 Å². The molecule has 1 fully saturated rings. The second-order valence-corrected chi connectivity index (χ2v) is 14.5. The fourth-order valence-electron chi connectivity index (χ4n) is 4.65. The Morgan fingerprint density at radius 3 is 1.50 bits per heavy atom. The van der Waals surface area contributed by atoms with Crippen molar-refractivity contribution in [2.24, 2.45) is 0 Å². The molecular weight excluding hydrogens is 902 g/mol. The molecule has 0 radical (unpaired) electrons. The smallest absolute Gasteiger partial charge is 0.0466 e. The average molecular weight is 935 g/mol. The van der Waals surface area contributed by atoms with E-state index in [-0.39, 0.29) is 0 Å². The maximum atomic E-state index is 6.04. The molecule has 1 heterocycles. The summed E-state index contributed by atoms with van der Waals surface area (Å²) >= 11 is 20.8. The summed E-state index contributed by atoms with van der Waals surface area (Å²) in [7, 11) is 0. The largest absolute Gasteiger partial charge is 0.381 e. The van der Waals surface area contributed by atoms with Gasteiger partial charge in [-0.15, -0.1) is 6.42 Å². The molecule has 0 aliphatic carbocycles. The molecule has 250 valence electrons. The van der Waals surface area contributed by atoms with Gasteiger partial charge in [-0.05, 0) is 138 Å². The van der Waals surface area contributed by atoms with Gasteiger partial charge in [0.05, 0.1) is 0 Å². The van der Waals surface area contributed by atoms with E-state index < -0.39 is 0 Å². The third-order valence-corrected chi connectivity index (χ3v) is 10.6. The maximum Gasteiger partial charge on any atom is 0.0466 e. The zero-order chi connectivity index (χ0) is 35.6. The minimum atomic E-state index is 0.684. The summed E-state index contributed by atoms with van der Waals surface area (Å²) in [6, 6.07) is 47.9. The van der Waals surface area contributed by atoms with Gasteiger partial charge in [-0.2, -0.15) is 0 Å². The minimum absolute atomic E-state index is 0.684. The molecule has 6 aromatic rings. The summed E-state index contributed by atoms with van der Waals surface area (Å²) < 4.78 is 8.12. The fourth-order valence-corrected chi connectivity index (χ4v) is 6.28. The zero-order valence-corrected chi connectivity index (χ0v) is 33.9. The van der Waals surface area contributed by atoms with Crippen LogP contribution in [0.4, 0.5) is 0 Å². The molecule has 0 amide bonds. The Morgan fingerprint density at radius 2 is 1.00 bits per heavy atom. The second kappa shape index (κ2) is 21.8. The highest BCUT2D eigenvalue weighted by Crippen LogP contribution is 2.25. The SMILES string of the molecule is C#Cc1ccccc1-c1ccccc1.C1CCOC1.Clc1ccc(Br)c(C#Cc2ccccc2-c2ccccc2)c1.Clc1ccc(Br)c(I)c1. The molecule has 0 atom stereocenters. The highest BCUT2D eigenvalue weighted by atomic mass is 127. The molecule has 0 bridgehead atoms. The summed E-state index contributed by atoms with van der Waals surface area (Å²) in [6.45, 7) is 2.00. The van der Waals surface area contributed by atoms with Gasteiger partial charge in [0.15, 0.2) is 0 Å². The van der Waals surface area contributed by atoms with E-state index in [1.807, 2.05) is 115 Å². The number of ether oxygens (including phenoxy) is 1. The molecule has 0 saturated carbocycles. The molecular formula is C44H33Br2Cl2IO. The highest BCUT2D eigenvalue weighted by Gasteiger charge is 2.03. The van der Waals surface area contributed by atoms with E-state index in [1.165, 1.54) is 18.4 Å². The first kappa shape index (κ1) is 39.5. The van der Waals surface area contributed by atoms with Gasteiger partial charge in [0.1, 0.15) is 0 Å². The van der Waals surface area contributed by atoms with Crippen LogP contribution in [-0.2, 0) is 4.74 Å². The molecule has 50 heavy (non-hydrogen) atoms. The molecule has 1 aliphatic rings. The van der Waals surface area contributed by atoms with Crippen LogP contribution >= 0.6 is 77.7 Å². The number of hydrogen-bond donors (Lipinski definition) is 0. The van der Waals surface area contributed by atoms with Crippen LogP contribution in [0.2, 0.25) is 10.0 Å². The van der Waals surface area contributed by atoms with Crippen molar-refractivity contribution in [1.29, 1.82) is 0 Å². The van der Waals surface area contributed by atoms with Crippen molar-refractivity contribution >= 4 is 77.7 Å². The lowest BCUT2D eigenvalue weighted by atomic mass is 10.00. The predicted molar refractivity (Wildman–Crippen MR) is 229 cm³/mol. The highest BCUT2D eigenvalue weighted by molar-refractivity contribution is 14.1. The Hall–Kier alpha value is -3.33. The predicted octanol–water partition coefficient (Wildman–Crippen LogP) is 14.0. The standard InChI is InChI=1S/C20H12BrCl.C14H10.C6H3BrClI.C4H8O/c21-20-13-12-18(22)14-17(20)11-10-16-8-4-5-9-19(16)15-6-2-1-3-7-15;1-2-12-8-6-7-11-14(12)13-9-4-3-5-10-13;7-5-2-1-4(8)3-6(5)9;1-2-4-5-3-1/h1-9,12-14H;1,3-11H;1-3H;1-4H2. The summed E-state index contributed by atoms with van der Waals surface area (Å²) in [5, 5.41) is 1.46. The van der Waals surface area contributed by atoms with E-state index in [0.717, 1.165) is 64.1 Å². The van der Waals surface area contributed by atoms with Crippen molar-refractivity contribution in [3.8, 4) is 46.4 Å². The summed E-state index contributed by atoms with van der Waals surface area (Å²) in [4.78, 5) is 0. The van der Waals surface area contributed by atoms with Crippen molar-refractivity contribution in [2.75, 3.05) is 13.2 Å². The van der Waals surface area contributed by atoms with Gasteiger partial charge in [-0.25, -0.2) is 0 Å². The molecule has 0 spiro atoms. The van der Waals surface area contributed by atoms with Crippen LogP contribution < -0.4 is 0 Å². The second-order valence-electron chi connectivity index (χ2n) is 10.7. The molecule has 6 heteroatoms. The van der Waals surface area contributed by atoms with Crippen LogP contribution in [0.1, 0.15) is 29.5 Å². The van der Waals surface area contributed by atoms with Crippen LogP contribution in [0.15, 0.2) is 155 Å². The van der Waals surface area contributed by atoms with Gasteiger partial charge in [0.25, 0.3) is 0 Å². The topological polar surface area (TPSA) is 9.23 Å². The van der Waals surface area contributed by atoms with Gasteiger partial charge >= 0.3 is 0 Å². The van der Waals surface area contributed by atoms with E-state index in [0.29, 0.717) is 5.02 Å². The first-order valence-electron chi connectivity index (χ1n) is 15.8. The molecule has 7 rings (SSSR count).